The number of hydrogen-bond acceptors (Lipinski definition) is 7. The minimum atomic E-state index is -0.935. The molecule has 0 bridgehead atoms. The summed E-state index contributed by atoms with van der Waals surface area (Å²) in [7, 11) is 0. The number of benzene rings is 1. The summed E-state index contributed by atoms with van der Waals surface area (Å²) in [5.41, 5.74) is -0.788. The quantitative estimate of drug-likeness (QED) is 0.351. The van der Waals surface area contributed by atoms with E-state index in [1.807, 2.05) is 10.6 Å². The lowest BCUT2D eigenvalue weighted by Crippen LogP contribution is -2.51. The van der Waals surface area contributed by atoms with Gasteiger partial charge in [0.05, 0.1) is 10.9 Å². The number of fused-ring (bicyclic) bond motifs is 1. The van der Waals surface area contributed by atoms with Gasteiger partial charge in [0.25, 0.3) is 11.8 Å². The number of barbiturate groups is 1. The number of imide groups is 2. The first-order chi connectivity index (χ1) is 11.8. The van der Waals surface area contributed by atoms with Crippen molar-refractivity contribution in [3.8, 4) is 5.75 Å². The van der Waals surface area contributed by atoms with E-state index in [2.05, 4.69) is 0 Å². The van der Waals surface area contributed by atoms with Crippen LogP contribution in [0.2, 0.25) is 0 Å². The normalized spacial score (nSPS) is 14.1. The van der Waals surface area contributed by atoms with Crippen LogP contribution >= 0.6 is 0 Å². The molecular formula is C16H10N2O7. The Labute approximate surface area is 139 Å². The molecule has 9 heteroatoms. The molecule has 0 saturated carbocycles. The van der Waals surface area contributed by atoms with Crippen molar-refractivity contribution in [1.82, 2.24) is 10.6 Å². The highest BCUT2D eigenvalue weighted by Crippen LogP contribution is 2.20. The summed E-state index contributed by atoms with van der Waals surface area (Å²) < 4.78 is 10.2. The molecule has 4 amide bonds. The number of rotatable bonds is 2. The predicted octanol–water partition coefficient (Wildman–Crippen LogP) is 0.468. The Kier molecular flexibility index (Phi) is 3.89. The standard InChI is InChI=1S/C16H10N2O7/c1-7(19)25-9-2-3-10-12(5-9)24-6-8(13(10)20)4-11-14(21)17-16(23)18-15(11)22/h2-6H,1H3,(H2,17,18,21,22,23). The molecule has 1 aliphatic heterocycles. The molecule has 3 rings (SSSR count). The van der Waals surface area contributed by atoms with Crippen LogP contribution < -0.4 is 20.8 Å². The zero-order valence-electron chi connectivity index (χ0n) is 12.7. The van der Waals surface area contributed by atoms with Gasteiger partial charge in [-0.15, -0.1) is 0 Å². The maximum Gasteiger partial charge on any atom is 0.328 e. The van der Waals surface area contributed by atoms with Crippen molar-refractivity contribution in [2.45, 2.75) is 6.92 Å². The van der Waals surface area contributed by atoms with Crippen molar-refractivity contribution in [2.24, 2.45) is 0 Å². The number of esters is 1. The molecule has 0 unspecified atom stereocenters. The molecule has 2 heterocycles. The molecule has 1 saturated heterocycles. The number of urea groups is 1. The molecule has 1 aromatic heterocycles. The lowest BCUT2D eigenvalue weighted by Gasteiger charge is -2.13. The first kappa shape index (κ1) is 16.1. The highest BCUT2D eigenvalue weighted by molar-refractivity contribution is 6.31. The van der Waals surface area contributed by atoms with Crippen LogP contribution in [0.15, 0.2) is 39.2 Å². The van der Waals surface area contributed by atoms with Crippen molar-refractivity contribution in [3.63, 3.8) is 0 Å². The SMILES string of the molecule is CC(=O)Oc1ccc2c(=O)c(C=C3C(=O)NC(=O)NC3=O)coc2c1. The van der Waals surface area contributed by atoms with Gasteiger partial charge in [-0.1, -0.05) is 0 Å². The van der Waals surface area contributed by atoms with Crippen LogP contribution in [0.25, 0.3) is 17.0 Å². The Bertz CT molecular complexity index is 1010. The van der Waals surface area contributed by atoms with E-state index in [9.17, 15) is 24.0 Å². The Morgan fingerprint density at radius 1 is 1.12 bits per heavy atom. The Morgan fingerprint density at radius 2 is 1.80 bits per heavy atom. The van der Waals surface area contributed by atoms with Crippen LogP contribution in [0.4, 0.5) is 4.79 Å². The summed E-state index contributed by atoms with van der Waals surface area (Å²) in [6, 6.07) is 3.24. The minimum absolute atomic E-state index is 0.0533. The molecule has 1 aromatic carbocycles. The molecule has 0 spiro atoms. The molecule has 25 heavy (non-hydrogen) atoms. The van der Waals surface area contributed by atoms with E-state index in [4.69, 9.17) is 9.15 Å². The second-order valence-electron chi connectivity index (χ2n) is 5.07. The predicted molar refractivity (Wildman–Crippen MR) is 83.5 cm³/mol. The third kappa shape index (κ3) is 3.15. The van der Waals surface area contributed by atoms with Crippen molar-refractivity contribution in [1.29, 1.82) is 0 Å². The maximum atomic E-state index is 12.5. The summed E-state index contributed by atoms with van der Waals surface area (Å²) in [5.74, 6) is -2.15. The third-order valence-corrected chi connectivity index (χ3v) is 3.28. The van der Waals surface area contributed by atoms with Gasteiger partial charge in [-0.2, -0.15) is 0 Å². The summed E-state index contributed by atoms with van der Waals surface area (Å²) in [6.07, 6.45) is 2.09. The molecule has 126 valence electrons. The largest absolute Gasteiger partial charge is 0.463 e. The van der Waals surface area contributed by atoms with E-state index in [0.717, 1.165) is 12.3 Å². The summed E-state index contributed by atoms with van der Waals surface area (Å²) in [4.78, 5) is 57.8. The Morgan fingerprint density at radius 3 is 2.44 bits per heavy atom. The molecule has 2 N–H and O–H groups in total. The van der Waals surface area contributed by atoms with Crippen LogP contribution in [-0.4, -0.2) is 23.8 Å². The first-order valence-electron chi connectivity index (χ1n) is 6.97. The van der Waals surface area contributed by atoms with Gasteiger partial charge < -0.3 is 9.15 Å². The Balaban J connectivity index is 2.05. The fourth-order valence-corrected chi connectivity index (χ4v) is 2.21. The molecule has 2 aromatic rings. The number of carbonyl (C=O) groups is 4. The third-order valence-electron chi connectivity index (χ3n) is 3.28. The average Bonchev–Trinajstić information content (AvgIpc) is 2.52. The summed E-state index contributed by atoms with van der Waals surface area (Å²) in [5, 5.41) is 3.97. The fraction of sp³-hybridized carbons (Fsp3) is 0.0625. The number of nitrogens with one attached hydrogen (secondary N) is 2. The molecule has 1 aliphatic rings. The van der Waals surface area contributed by atoms with E-state index in [1.165, 1.54) is 25.1 Å². The lowest BCUT2D eigenvalue weighted by atomic mass is 10.1. The van der Waals surface area contributed by atoms with E-state index < -0.39 is 34.8 Å². The van der Waals surface area contributed by atoms with Crippen LogP contribution in [0.1, 0.15) is 12.5 Å². The van der Waals surface area contributed by atoms with E-state index in [0.29, 0.717) is 0 Å². The van der Waals surface area contributed by atoms with Crippen molar-refractivity contribution in [2.75, 3.05) is 0 Å². The maximum absolute atomic E-state index is 12.5. The topological polar surface area (TPSA) is 132 Å². The van der Waals surface area contributed by atoms with Crippen LogP contribution in [0, 0.1) is 0 Å². The van der Waals surface area contributed by atoms with Crippen molar-refractivity contribution < 1.29 is 28.3 Å². The van der Waals surface area contributed by atoms with Gasteiger partial charge in [0, 0.05) is 13.0 Å². The number of carbonyl (C=O) groups excluding carboxylic acids is 4. The van der Waals surface area contributed by atoms with E-state index in [1.54, 1.807) is 0 Å². The van der Waals surface area contributed by atoms with Gasteiger partial charge in [-0.25, -0.2) is 4.79 Å². The zero-order valence-corrected chi connectivity index (χ0v) is 12.7. The van der Waals surface area contributed by atoms with Gasteiger partial charge in [-0.05, 0) is 18.2 Å². The highest BCUT2D eigenvalue weighted by Gasteiger charge is 2.28. The van der Waals surface area contributed by atoms with Crippen molar-refractivity contribution in [3.05, 3.63) is 45.8 Å². The van der Waals surface area contributed by atoms with Gasteiger partial charge >= 0.3 is 12.0 Å². The Hall–Kier alpha value is -3.75. The number of ether oxygens (including phenoxy) is 1. The fourth-order valence-electron chi connectivity index (χ4n) is 2.21. The number of amides is 4. The van der Waals surface area contributed by atoms with Gasteiger partial charge in [0.1, 0.15) is 23.2 Å². The van der Waals surface area contributed by atoms with Crippen molar-refractivity contribution >= 4 is 40.9 Å². The molecular weight excluding hydrogens is 332 g/mol. The first-order valence-corrected chi connectivity index (χ1v) is 6.97. The van der Waals surface area contributed by atoms with Gasteiger partial charge in [0.15, 0.2) is 5.43 Å². The summed E-state index contributed by atoms with van der Waals surface area (Å²) >= 11 is 0. The van der Waals surface area contributed by atoms with Gasteiger partial charge in [-0.3, -0.25) is 29.8 Å². The molecule has 0 atom stereocenters. The lowest BCUT2D eigenvalue weighted by molar-refractivity contribution is -0.132. The monoisotopic (exact) mass is 342 g/mol. The molecule has 0 aliphatic carbocycles. The molecule has 9 nitrogen and oxygen atoms in total. The number of hydrogen-bond donors (Lipinski definition) is 2. The van der Waals surface area contributed by atoms with Crippen LogP contribution in [-0.2, 0) is 14.4 Å². The van der Waals surface area contributed by atoms with Gasteiger partial charge in [0.2, 0.25) is 0 Å². The highest BCUT2D eigenvalue weighted by atomic mass is 16.5. The second kappa shape index (κ2) is 6.04. The molecule has 1 fully saturated rings. The second-order valence-corrected chi connectivity index (χ2v) is 5.07. The summed E-state index contributed by atoms with van der Waals surface area (Å²) in [6.45, 7) is 1.24. The smallest absolute Gasteiger partial charge is 0.328 e. The average molecular weight is 342 g/mol. The zero-order chi connectivity index (χ0) is 18.1. The minimum Gasteiger partial charge on any atom is -0.463 e. The van der Waals surface area contributed by atoms with Crippen LogP contribution in [0.3, 0.4) is 0 Å². The van der Waals surface area contributed by atoms with E-state index in [-0.39, 0.29) is 22.3 Å². The van der Waals surface area contributed by atoms with Crippen LogP contribution in [0.5, 0.6) is 5.75 Å². The van der Waals surface area contributed by atoms with E-state index >= 15 is 0 Å². The molecule has 0 radical (unpaired) electrons.